The van der Waals surface area contributed by atoms with Gasteiger partial charge in [-0.3, -0.25) is 0 Å². The summed E-state index contributed by atoms with van der Waals surface area (Å²) in [5, 5.41) is 13.0. The van der Waals surface area contributed by atoms with Crippen LogP contribution in [0.3, 0.4) is 0 Å². The van der Waals surface area contributed by atoms with Crippen LogP contribution in [0.5, 0.6) is 11.5 Å². The van der Waals surface area contributed by atoms with Crippen LogP contribution >= 0.6 is 22.9 Å². The second kappa shape index (κ2) is 11.0. The highest BCUT2D eigenvalue weighted by Gasteiger charge is 2.32. The molecule has 14 heteroatoms. The molecule has 0 aliphatic heterocycles. The van der Waals surface area contributed by atoms with E-state index in [1.54, 1.807) is 31.5 Å². The van der Waals surface area contributed by atoms with E-state index in [2.05, 4.69) is 25.3 Å². The molecule has 9 nitrogen and oxygen atoms in total. The Morgan fingerprint density at radius 3 is 2.59 bits per heavy atom. The molecule has 0 saturated heterocycles. The molecular weight excluding hydrogens is 535 g/mol. The molecule has 4 rings (SSSR count). The van der Waals surface area contributed by atoms with E-state index in [9.17, 15) is 18.0 Å². The van der Waals surface area contributed by atoms with Crippen molar-refractivity contribution in [2.75, 3.05) is 19.0 Å². The Morgan fingerprint density at radius 2 is 1.95 bits per heavy atom. The number of carbonyl (C=O) groups is 1. The molecule has 194 valence electrons. The molecule has 0 atom stereocenters. The van der Waals surface area contributed by atoms with Crippen LogP contribution < -0.4 is 14.8 Å². The zero-order valence-corrected chi connectivity index (χ0v) is 20.9. The van der Waals surface area contributed by atoms with Gasteiger partial charge in [0, 0.05) is 10.9 Å². The fraction of sp³-hybridized carbons (Fsp3) is 0.217. The third-order valence-electron chi connectivity index (χ3n) is 4.88. The standard InChI is InChI=1S/C23H19ClF3N5O4S/c1-3-35-21(33)19-20(32(31-30-19)11-13-4-7-15(34-2)8-5-13)29-22-28-17(12-37-22)14-6-9-18(16(24)10-14)36-23(25,26)27/h4-10,12H,3,11H2,1-2H3,(H,28,29). The van der Waals surface area contributed by atoms with Gasteiger partial charge in [-0.15, -0.1) is 29.6 Å². The van der Waals surface area contributed by atoms with Crippen molar-refractivity contribution in [2.45, 2.75) is 19.8 Å². The van der Waals surface area contributed by atoms with E-state index in [1.807, 2.05) is 12.1 Å². The number of alkyl halides is 3. The molecule has 0 bridgehead atoms. The van der Waals surface area contributed by atoms with Crippen molar-refractivity contribution in [3.8, 4) is 22.8 Å². The second-order valence-electron chi connectivity index (χ2n) is 7.37. The minimum atomic E-state index is -4.86. The van der Waals surface area contributed by atoms with Gasteiger partial charge in [-0.2, -0.15) is 0 Å². The van der Waals surface area contributed by atoms with Crippen LogP contribution in [0.1, 0.15) is 23.0 Å². The zero-order chi connectivity index (χ0) is 26.6. The highest BCUT2D eigenvalue weighted by molar-refractivity contribution is 7.14. The van der Waals surface area contributed by atoms with Gasteiger partial charge in [-0.1, -0.05) is 28.9 Å². The lowest BCUT2D eigenvalue weighted by molar-refractivity contribution is -0.274. The number of ether oxygens (including phenoxy) is 3. The first-order valence-electron chi connectivity index (χ1n) is 10.7. The molecule has 0 saturated carbocycles. The summed E-state index contributed by atoms with van der Waals surface area (Å²) < 4.78 is 53.2. The van der Waals surface area contributed by atoms with Crippen molar-refractivity contribution in [1.29, 1.82) is 0 Å². The topological polar surface area (TPSA) is 100 Å². The molecule has 2 aromatic carbocycles. The Kier molecular flexibility index (Phi) is 7.83. The average Bonchev–Trinajstić information content (AvgIpc) is 3.48. The first-order chi connectivity index (χ1) is 17.7. The summed E-state index contributed by atoms with van der Waals surface area (Å²) in [6.07, 6.45) is -4.86. The number of rotatable bonds is 9. The number of methoxy groups -OCH3 is 1. The summed E-state index contributed by atoms with van der Waals surface area (Å²) in [6.45, 7) is 2.11. The fourth-order valence-corrected chi connectivity index (χ4v) is 4.16. The molecule has 37 heavy (non-hydrogen) atoms. The van der Waals surface area contributed by atoms with E-state index >= 15 is 0 Å². The molecule has 2 heterocycles. The van der Waals surface area contributed by atoms with E-state index in [-0.39, 0.29) is 29.7 Å². The maximum Gasteiger partial charge on any atom is 0.573 e. The second-order valence-corrected chi connectivity index (χ2v) is 8.63. The summed E-state index contributed by atoms with van der Waals surface area (Å²) in [6, 6.07) is 11.2. The summed E-state index contributed by atoms with van der Waals surface area (Å²) in [5.74, 6) is -0.211. The smallest absolute Gasteiger partial charge is 0.497 e. The number of aromatic nitrogens is 4. The van der Waals surface area contributed by atoms with Crippen molar-refractivity contribution in [2.24, 2.45) is 0 Å². The normalized spacial score (nSPS) is 11.3. The van der Waals surface area contributed by atoms with Gasteiger partial charge in [0.05, 0.1) is 31.0 Å². The molecule has 0 unspecified atom stereocenters. The fourth-order valence-electron chi connectivity index (χ4n) is 3.22. The maximum absolute atomic E-state index is 12.5. The predicted molar refractivity (Wildman–Crippen MR) is 131 cm³/mol. The van der Waals surface area contributed by atoms with Crippen LogP contribution in [-0.4, -0.2) is 46.0 Å². The van der Waals surface area contributed by atoms with Crippen LogP contribution in [0, 0.1) is 0 Å². The van der Waals surface area contributed by atoms with Crippen LogP contribution in [0.4, 0.5) is 24.1 Å². The molecule has 4 aromatic rings. The first kappa shape index (κ1) is 26.2. The number of esters is 1. The minimum Gasteiger partial charge on any atom is -0.497 e. The zero-order valence-electron chi connectivity index (χ0n) is 19.4. The largest absolute Gasteiger partial charge is 0.573 e. The molecule has 2 aromatic heterocycles. The Morgan fingerprint density at radius 1 is 1.19 bits per heavy atom. The number of carbonyl (C=O) groups excluding carboxylic acids is 1. The molecule has 0 aliphatic rings. The van der Waals surface area contributed by atoms with E-state index < -0.39 is 18.1 Å². The molecule has 0 amide bonds. The number of hydrogen-bond donors (Lipinski definition) is 1. The molecule has 0 radical (unpaired) electrons. The SMILES string of the molecule is CCOC(=O)c1nnn(Cc2ccc(OC)cc2)c1Nc1nc(-c2ccc(OC(F)(F)F)c(Cl)c2)cs1. The van der Waals surface area contributed by atoms with Gasteiger partial charge in [0.25, 0.3) is 0 Å². The molecular formula is C23H19ClF3N5O4S. The van der Waals surface area contributed by atoms with Gasteiger partial charge >= 0.3 is 12.3 Å². The predicted octanol–water partition coefficient (Wildman–Crippen LogP) is 5.93. The van der Waals surface area contributed by atoms with E-state index in [4.69, 9.17) is 21.1 Å². The number of nitrogens with zero attached hydrogens (tertiary/aromatic N) is 4. The van der Waals surface area contributed by atoms with Gasteiger partial charge in [0.1, 0.15) is 11.5 Å². The summed E-state index contributed by atoms with van der Waals surface area (Å²) in [7, 11) is 1.57. The minimum absolute atomic E-state index is 0.0243. The van der Waals surface area contributed by atoms with Gasteiger partial charge in [0.15, 0.2) is 10.9 Å². The Bertz CT molecular complexity index is 1390. The number of anilines is 2. The van der Waals surface area contributed by atoms with Crippen molar-refractivity contribution in [1.82, 2.24) is 20.0 Å². The number of benzene rings is 2. The molecule has 0 fully saturated rings. The number of nitrogens with one attached hydrogen (secondary N) is 1. The lowest BCUT2D eigenvalue weighted by Gasteiger charge is -2.11. The van der Waals surface area contributed by atoms with Crippen molar-refractivity contribution in [3.63, 3.8) is 0 Å². The quantitative estimate of drug-likeness (QED) is 0.255. The van der Waals surface area contributed by atoms with Gasteiger partial charge in [0.2, 0.25) is 5.69 Å². The van der Waals surface area contributed by atoms with E-state index in [0.717, 1.165) is 11.6 Å². The summed E-state index contributed by atoms with van der Waals surface area (Å²) in [4.78, 5) is 16.9. The van der Waals surface area contributed by atoms with Crippen LogP contribution in [0.2, 0.25) is 5.02 Å². The van der Waals surface area contributed by atoms with Gasteiger partial charge in [-0.25, -0.2) is 14.5 Å². The monoisotopic (exact) mass is 553 g/mol. The van der Waals surface area contributed by atoms with Crippen LogP contribution in [0.25, 0.3) is 11.3 Å². The lowest BCUT2D eigenvalue weighted by atomic mass is 10.2. The lowest BCUT2D eigenvalue weighted by Crippen LogP contribution is -2.17. The number of halogens is 4. The summed E-state index contributed by atoms with van der Waals surface area (Å²) in [5.41, 5.74) is 1.77. The van der Waals surface area contributed by atoms with E-state index in [0.29, 0.717) is 22.1 Å². The molecule has 0 spiro atoms. The van der Waals surface area contributed by atoms with Gasteiger partial charge < -0.3 is 19.5 Å². The number of hydrogen-bond acceptors (Lipinski definition) is 9. The first-order valence-corrected chi connectivity index (χ1v) is 11.9. The third-order valence-corrected chi connectivity index (χ3v) is 5.93. The Balaban J connectivity index is 1.60. The highest BCUT2D eigenvalue weighted by Crippen LogP contribution is 2.35. The van der Waals surface area contributed by atoms with Crippen molar-refractivity contribution >= 4 is 39.9 Å². The number of thiazole rings is 1. The van der Waals surface area contributed by atoms with E-state index in [1.165, 1.54) is 28.2 Å². The average molecular weight is 554 g/mol. The van der Waals surface area contributed by atoms with Crippen LogP contribution in [-0.2, 0) is 11.3 Å². The van der Waals surface area contributed by atoms with Crippen molar-refractivity contribution in [3.05, 3.63) is 64.1 Å². The highest BCUT2D eigenvalue weighted by atomic mass is 35.5. The van der Waals surface area contributed by atoms with Gasteiger partial charge in [-0.05, 0) is 42.8 Å². The van der Waals surface area contributed by atoms with Crippen molar-refractivity contribution < 1.29 is 32.2 Å². The third kappa shape index (κ3) is 6.49. The molecule has 1 N–H and O–H groups in total. The maximum atomic E-state index is 12.5. The summed E-state index contributed by atoms with van der Waals surface area (Å²) >= 11 is 7.17. The Labute approximate surface area is 217 Å². The van der Waals surface area contributed by atoms with Crippen LogP contribution in [0.15, 0.2) is 47.8 Å². The Hall–Kier alpha value is -3.84. The molecule has 0 aliphatic carbocycles.